The van der Waals surface area contributed by atoms with Gasteiger partial charge in [0.1, 0.15) is 6.61 Å². The van der Waals surface area contributed by atoms with Crippen LogP contribution in [0.4, 0.5) is 4.79 Å². The minimum atomic E-state index is -3.33. The Bertz CT molecular complexity index is 1060. The number of cyclic esters (lactones) is 1. The number of amides is 2. The summed E-state index contributed by atoms with van der Waals surface area (Å²) in [7, 11) is -3.33. The van der Waals surface area contributed by atoms with Crippen LogP contribution in [0, 0.1) is 5.92 Å². The molecule has 2 aliphatic rings. The fourth-order valence-corrected chi connectivity index (χ4v) is 5.47. The van der Waals surface area contributed by atoms with Gasteiger partial charge in [-0.25, -0.2) is 18.1 Å². The maximum Gasteiger partial charge on any atom is 0.417 e. The summed E-state index contributed by atoms with van der Waals surface area (Å²) in [5.41, 5.74) is 1.78. The lowest BCUT2D eigenvalue weighted by Crippen LogP contribution is -2.43. The predicted octanol–water partition coefficient (Wildman–Crippen LogP) is 4.34. The van der Waals surface area contributed by atoms with Gasteiger partial charge in [0.2, 0.25) is 5.91 Å². The van der Waals surface area contributed by atoms with Gasteiger partial charge in [0.05, 0.1) is 16.9 Å². The van der Waals surface area contributed by atoms with E-state index in [4.69, 9.17) is 4.74 Å². The summed E-state index contributed by atoms with van der Waals surface area (Å²) in [5, 5.41) is 0. The number of rotatable bonds is 7. The molecule has 170 valence electrons. The van der Waals surface area contributed by atoms with Crippen LogP contribution in [0.25, 0.3) is 0 Å². The zero-order chi connectivity index (χ0) is 22.7. The van der Waals surface area contributed by atoms with E-state index in [9.17, 15) is 18.0 Å². The van der Waals surface area contributed by atoms with Gasteiger partial charge in [-0.3, -0.25) is 4.79 Å². The first kappa shape index (κ1) is 22.5. The smallest absolute Gasteiger partial charge is 0.417 e. The van der Waals surface area contributed by atoms with Crippen molar-refractivity contribution in [3.63, 3.8) is 0 Å². The maximum absolute atomic E-state index is 13.7. The Labute approximate surface area is 189 Å². The molecule has 0 aromatic heterocycles. The minimum absolute atomic E-state index is 0.183. The predicted molar refractivity (Wildman–Crippen MR) is 121 cm³/mol. The summed E-state index contributed by atoms with van der Waals surface area (Å²) in [5.74, 6) is -0.340. The van der Waals surface area contributed by atoms with E-state index in [1.54, 1.807) is 24.3 Å². The molecule has 0 N–H and O–H groups in total. The monoisotopic (exact) mass is 455 g/mol. The second-order valence-electron chi connectivity index (χ2n) is 8.91. The van der Waals surface area contributed by atoms with Gasteiger partial charge in [-0.1, -0.05) is 68.1 Å². The third-order valence-electron chi connectivity index (χ3n) is 6.57. The molecule has 7 heteroatoms. The van der Waals surface area contributed by atoms with Crippen molar-refractivity contribution in [1.29, 1.82) is 0 Å². The quantitative estimate of drug-likeness (QED) is 0.620. The first-order valence-electron chi connectivity index (χ1n) is 11.2. The van der Waals surface area contributed by atoms with Crippen LogP contribution in [0.1, 0.15) is 49.1 Å². The molecule has 32 heavy (non-hydrogen) atoms. The number of benzene rings is 2. The molecule has 0 spiro atoms. The minimum Gasteiger partial charge on any atom is -0.447 e. The molecule has 1 aliphatic carbocycles. The molecular weight excluding hydrogens is 426 g/mol. The molecule has 4 rings (SSSR count). The van der Waals surface area contributed by atoms with E-state index in [-0.39, 0.29) is 23.5 Å². The van der Waals surface area contributed by atoms with Crippen LogP contribution in [-0.2, 0) is 25.8 Å². The van der Waals surface area contributed by atoms with Crippen LogP contribution in [0.5, 0.6) is 0 Å². The molecule has 1 saturated carbocycles. The third kappa shape index (κ3) is 5.04. The molecule has 6 nitrogen and oxygen atoms in total. The van der Waals surface area contributed by atoms with E-state index >= 15 is 0 Å². The Balaban J connectivity index is 1.61. The van der Waals surface area contributed by atoms with Gasteiger partial charge in [-0.05, 0) is 42.0 Å². The molecule has 2 aromatic carbocycles. The average molecular weight is 456 g/mol. The van der Waals surface area contributed by atoms with Crippen molar-refractivity contribution < 1.29 is 22.7 Å². The Morgan fingerprint density at radius 2 is 1.72 bits per heavy atom. The molecule has 0 radical (unpaired) electrons. The zero-order valence-corrected chi connectivity index (χ0v) is 19.1. The van der Waals surface area contributed by atoms with Gasteiger partial charge in [0.25, 0.3) is 0 Å². The lowest BCUT2D eigenvalue weighted by molar-refractivity contribution is -0.131. The summed E-state index contributed by atoms with van der Waals surface area (Å²) in [6.07, 6.45) is 6.21. The lowest BCUT2D eigenvalue weighted by atomic mass is 9.86. The first-order chi connectivity index (χ1) is 15.3. The summed E-state index contributed by atoms with van der Waals surface area (Å²) < 4.78 is 29.0. The fourth-order valence-electron chi connectivity index (χ4n) is 4.84. The van der Waals surface area contributed by atoms with Gasteiger partial charge in [-0.15, -0.1) is 0 Å². The molecular formula is C25H29NO5S. The molecule has 1 saturated heterocycles. The van der Waals surface area contributed by atoms with Crippen molar-refractivity contribution in [3.05, 3.63) is 65.7 Å². The van der Waals surface area contributed by atoms with E-state index in [0.717, 1.165) is 43.1 Å². The highest BCUT2D eigenvalue weighted by atomic mass is 32.2. The van der Waals surface area contributed by atoms with Crippen LogP contribution in [0.2, 0.25) is 0 Å². The van der Waals surface area contributed by atoms with Gasteiger partial charge in [-0.2, -0.15) is 0 Å². The number of imide groups is 1. The summed E-state index contributed by atoms with van der Waals surface area (Å²) in [6, 6.07) is 15.9. The highest BCUT2D eigenvalue weighted by Crippen LogP contribution is 2.36. The molecule has 0 bridgehead atoms. The molecule has 2 fully saturated rings. The summed E-state index contributed by atoms with van der Waals surface area (Å²) in [6.45, 7) is 0.183. The Kier molecular flexibility index (Phi) is 6.65. The van der Waals surface area contributed by atoms with Crippen molar-refractivity contribution >= 4 is 21.8 Å². The van der Waals surface area contributed by atoms with Crippen LogP contribution in [-0.4, -0.2) is 44.2 Å². The molecule has 2 aromatic rings. The Morgan fingerprint density at radius 3 is 2.34 bits per heavy atom. The number of carbonyl (C=O) groups is 2. The normalized spacial score (nSPS) is 20.3. The summed E-state index contributed by atoms with van der Waals surface area (Å²) in [4.78, 5) is 27.8. The van der Waals surface area contributed by atoms with Gasteiger partial charge < -0.3 is 4.74 Å². The second kappa shape index (κ2) is 9.45. The zero-order valence-electron chi connectivity index (χ0n) is 18.3. The fraction of sp³-hybridized carbons (Fsp3) is 0.440. The van der Waals surface area contributed by atoms with Crippen LogP contribution < -0.4 is 0 Å². The highest BCUT2D eigenvalue weighted by Gasteiger charge is 2.42. The molecule has 1 heterocycles. The van der Waals surface area contributed by atoms with Crippen LogP contribution in [0.15, 0.2) is 59.5 Å². The lowest BCUT2D eigenvalue weighted by Gasteiger charge is -2.27. The van der Waals surface area contributed by atoms with Gasteiger partial charge in [0.15, 0.2) is 9.84 Å². The van der Waals surface area contributed by atoms with E-state index < -0.39 is 21.8 Å². The van der Waals surface area contributed by atoms with Crippen molar-refractivity contribution in [1.82, 2.24) is 4.90 Å². The van der Waals surface area contributed by atoms with Gasteiger partial charge >= 0.3 is 6.09 Å². The van der Waals surface area contributed by atoms with Crippen LogP contribution >= 0.6 is 0 Å². The van der Waals surface area contributed by atoms with Crippen molar-refractivity contribution in [2.45, 2.75) is 55.4 Å². The Morgan fingerprint density at radius 1 is 1.06 bits per heavy atom. The van der Waals surface area contributed by atoms with E-state index in [1.165, 1.54) is 4.90 Å². The maximum atomic E-state index is 13.7. The summed E-state index contributed by atoms with van der Waals surface area (Å²) >= 11 is 0. The molecule has 2 amide bonds. The van der Waals surface area contributed by atoms with Crippen molar-refractivity contribution in [3.8, 4) is 0 Å². The number of hydrogen-bond acceptors (Lipinski definition) is 5. The van der Waals surface area contributed by atoms with Crippen LogP contribution in [0.3, 0.4) is 0 Å². The number of carbonyl (C=O) groups excluding carboxylic acids is 2. The Hall–Kier alpha value is -2.67. The highest BCUT2D eigenvalue weighted by molar-refractivity contribution is 7.90. The number of nitrogens with zero attached hydrogens (tertiary/aromatic N) is 1. The molecule has 1 aliphatic heterocycles. The first-order valence-corrected chi connectivity index (χ1v) is 13.1. The largest absolute Gasteiger partial charge is 0.447 e. The van der Waals surface area contributed by atoms with E-state index in [2.05, 4.69) is 0 Å². The third-order valence-corrected chi connectivity index (χ3v) is 7.69. The SMILES string of the molecule is CS(=O)(=O)c1ccc(C(CC2CCCC2)C(=O)N2C(=O)OCC2Cc2ccccc2)cc1. The number of ether oxygens (including phenoxy) is 1. The standard InChI is InChI=1S/C25H29NO5S/c1-32(29,30)22-13-11-20(12-14-22)23(16-19-9-5-6-10-19)24(27)26-21(17-31-25(26)28)15-18-7-3-2-4-8-18/h2-4,7-8,11-14,19,21,23H,5-6,9-10,15-17H2,1H3. The number of sulfone groups is 1. The van der Waals surface area contributed by atoms with Crippen molar-refractivity contribution in [2.75, 3.05) is 12.9 Å². The second-order valence-corrected chi connectivity index (χ2v) is 10.9. The average Bonchev–Trinajstić information content (AvgIpc) is 3.41. The van der Waals surface area contributed by atoms with Crippen molar-refractivity contribution in [2.24, 2.45) is 5.92 Å². The molecule has 2 atom stereocenters. The topological polar surface area (TPSA) is 80.8 Å². The van der Waals surface area contributed by atoms with E-state index in [1.807, 2.05) is 30.3 Å². The molecule has 2 unspecified atom stereocenters. The number of hydrogen-bond donors (Lipinski definition) is 0. The van der Waals surface area contributed by atoms with E-state index in [0.29, 0.717) is 18.8 Å². The van der Waals surface area contributed by atoms with Gasteiger partial charge in [0, 0.05) is 6.26 Å².